The smallest absolute Gasteiger partial charge is 0.275 e. The molecule has 0 aliphatic carbocycles. The first-order chi connectivity index (χ1) is 11.6. The number of hydrogen-bond donors (Lipinski definition) is 1. The van der Waals surface area contributed by atoms with Gasteiger partial charge in [0.15, 0.2) is 0 Å². The number of aryl methyl sites for hydroxylation is 1. The summed E-state index contributed by atoms with van der Waals surface area (Å²) >= 11 is 0. The number of ether oxygens (including phenoxy) is 2. The minimum Gasteiger partial charge on any atom is -0.497 e. The molecule has 1 aliphatic heterocycles. The van der Waals surface area contributed by atoms with Crippen molar-refractivity contribution in [3.05, 3.63) is 64.9 Å². The number of nitrogens with one attached hydrogen (secondary N) is 1. The number of carbonyl (C=O) groups is 1. The first-order valence-corrected chi connectivity index (χ1v) is 7.51. The summed E-state index contributed by atoms with van der Waals surface area (Å²) in [6.07, 6.45) is 1.77. The van der Waals surface area contributed by atoms with Gasteiger partial charge in [-0.3, -0.25) is 4.79 Å². The number of benzene rings is 2. The Morgan fingerprint density at radius 1 is 1.04 bits per heavy atom. The summed E-state index contributed by atoms with van der Waals surface area (Å²) in [6.45, 7) is 2.01. The zero-order valence-corrected chi connectivity index (χ0v) is 13.8. The van der Waals surface area contributed by atoms with Crippen molar-refractivity contribution in [2.45, 2.75) is 6.92 Å². The molecule has 0 spiro atoms. The Balaban J connectivity index is 1.97. The molecule has 24 heavy (non-hydrogen) atoms. The third-order valence-corrected chi connectivity index (χ3v) is 3.67. The van der Waals surface area contributed by atoms with Gasteiger partial charge in [-0.05, 0) is 30.7 Å². The molecule has 2 aromatic rings. The largest absolute Gasteiger partial charge is 0.497 e. The molecule has 0 saturated carbocycles. The summed E-state index contributed by atoms with van der Waals surface area (Å²) in [5, 5.41) is 2.79. The molecule has 0 aromatic heterocycles. The molecular weight excluding hydrogens is 304 g/mol. The van der Waals surface area contributed by atoms with Crippen LogP contribution in [0.2, 0.25) is 0 Å². The van der Waals surface area contributed by atoms with E-state index in [-0.39, 0.29) is 5.91 Å². The van der Waals surface area contributed by atoms with Crippen LogP contribution in [0.3, 0.4) is 0 Å². The lowest BCUT2D eigenvalue weighted by Gasteiger charge is -2.08. The molecule has 122 valence electrons. The van der Waals surface area contributed by atoms with Gasteiger partial charge >= 0.3 is 0 Å². The third-order valence-electron chi connectivity index (χ3n) is 3.67. The van der Waals surface area contributed by atoms with Crippen molar-refractivity contribution in [2.75, 3.05) is 14.2 Å². The first kappa shape index (κ1) is 15.8. The van der Waals surface area contributed by atoms with Crippen molar-refractivity contribution in [2.24, 2.45) is 4.99 Å². The van der Waals surface area contributed by atoms with Gasteiger partial charge in [0.2, 0.25) is 0 Å². The monoisotopic (exact) mass is 322 g/mol. The molecule has 3 rings (SSSR count). The minimum absolute atomic E-state index is 0.228. The zero-order chi connectivity index (χ0) is 17.1. The summed E-state index contributed by atoms with van der Waals surface area (Å²) in [5.41, 5.74) is 3.17. The van der Waals surface area contributed by atoms with E-state index < -0.39 is 0 Å². The number of carbonyl (C=O) groups excluding carboxylic acids is 1. The number of methoxy groups -OCH3 is 2. The second-order valence-electron chi connectivity index (χ2n) is 5.46. The molecule has 0 bridgehead atoms. The lowest BCUT2D eigenvalue weighted by molar-refractivity contribution is -0.115. The van der Waals surface area contributed by atoms with E-state index in [0.717, 1.165) is 16.7 Å². The summed E-state index contributed by atoms with van der Waals surface area (Å²) in [6, 6.07) is 13.3. The molecule has 0 unspecified atom stereocenters. The average Bonchev–Trinajstić information content (AvgIpc) is 2.95. The van der Waals surface area contributed by atoms with E-state index in [1.807, 2.05) is 31.2 Å². The van der Waals surface area contributed by atoms with Crippen LogP contribution in [0.4, 0.5) is 0 Å². The maximum atomic E-state index is 12.2. The van der Waals surface area contributed by atoms with E-state index in [9.17, 15) is 4.79 Å². The van der Waals surface area contributed by atoms with Crippen molar-refractivity contribution in [3.63, 3.8) is 0 Å². The number of nitrogens with zero attached hydrogens (tertiary/aromatic N) is 1. The molecule has 0 atom stereocenters. The number of amidine groups is 1. The molecule has 1 N–H and O–H groups in total. The van der Waals surface area contributed by atoms with Crippen molar-refractivity contribution in [1.29, 1.82) is 0 Å². The van der Waals surface area contributed by atoms with Gasteiger partial charge in [-0.15, -0.1) is 0 Å². The Labute approximate surface area is 140 Å². The van der Waals surface area contributed by atoms with E-state index in [2.05, 4.69) is 10.3 Å². The van der Waals surface area contributed by atoms with Gasteiger partial charge in [0.1, 0.15) is 23.0 Å². The third kappa shape index (κ3) is 3.30. The van der Waals surface area contributed by atoms with Crippen LogP contribution in [0.5, 0.6) is 11.5 Å². The van der Waals surface area contributed by atoms with Gasteiger partial charge in [-0.25, -0.2) is 4.99 Å². The Kier molecular flexibility index (Phi) is 4.33. The number of aliphatic imine (C=N–C) groups is 1. The van der Waals surface area contributed by atoms with Crippen molar-refractivity contribution in [3.8, 4) is 11.5 Å². The second kappa shape index (κ2) is 6.58. The molecule has 1 heterocycles. The normalized spacial score (nSPS) is 15.2. The van der Waals surface area contributed by atoms with Crippen molar-refractivity contribution >= 4 is 17.8 Å². The fourth-order valence-corrected chi connectivity index (χ4v) is 2.47. The lowest BCUT2D eigenvalue weighted by atomic mass is 10.1. The van der Waals surface area contributed by atoms with E-state index in [1.165, 1.54) is 0 Å². The quantitative estimate of drug-likeness (QED) is 0.881. The van der Waals surface area contributed by atoms with Gasteiger partial charge in [0.05, 0.1) is 14.2 Å². The van der Waals surface area contributed by atoms with Crippen molar-refractivity contribution in [1.82, 2.24) is 5.32 Å². The van der Waals surface area contributed by atoms with Crippen molar-refractivity contribution < 1.29 is 14.3 Å². The lowest BCUT2D eigenvalue weighted by Crippen LogP contribution is -2.24. The topological polar surface area (TPSA) is 59.9 Å². The van der Waals surface area contributed by atoms with Crippen LogP contribution < -0.4 is 14.8 Å². The summed E-state index contributed by atoms with van der Waals surface area (Å²) in [4.78, 5) is 16.6. The molecule has 5 heteroatoms. The van der Waals surface area contributed by atoms with Gasteiger partial charge in [-0.1, -0.05) is 29.8 Å². The summed E-state index contributed by atoms with van der Waals surface area (Å²) < 4.78 is 10.5. The Hall–Kier alpha value is -3.08. The minimum atomic E-state index is -0.228. The van der Waals surface area contributed by atoms with Gasteiger partial charge in [0, 0.05) is 11.6 Å². The van der Waals surface area contributed by atoms with Crippen LogP contribution in [-0.2, 0) is 4.79 Å². The van der Waals surface area contributed by atoms with Crippen LogP contribution in [0.1, 0.15) is 16.7 Å². The van der Waals surface area contributed by atoms with E-state index in [0.29, 0.717) is 23.0 Å². The highest BCUT2D eigenvalue weighted by atomic mass is 16.5. The van der Waals surface area contributed by atoms with Crippen LogP contribution in [0.25, 0.3) is 6.08 Å². The molecule has 0 fully saturated rings. The molecule has 2 aromatic carbocycles. The molecule has 5 nitrogen and oxygen atoms in total. The maximum absolute atomic E-state index is 12.2. The summed E-state index contributed by atoms with van der Waals surface area (Å²) in [7, 11) is 3.16. The van der Waals surface area contributed by atoms with E-state index in [4.69, 9.17) is 9.47 Å². The van der Waals surface area contributed by atoms with E-state index in [1.54, 1.807) is 38.5 Å². The standard InChI is InChI=1S/C19H18N2O3/c1-12-5-4-6-13(7-12)8-17-19(22)21-18(20-17)14-9-15(23-2)11-16(10-14)24-3/h4-11H,1-3H3,(H,20,21,22)/b17-8+. The van der Waals surface area contributed by atoms with Gasteiger partial charge in [0.25, 0.3) is 5.91 Å². The molecule has 0 saturated heterocycles. The molecular formula is C19H18N2O3. The predicted octanol–water partition coefficient (Wildman–Crippen LogP) is 2.93. The van der Waals surface area contributed by atoms with Gasteiger partial charge in [-0.2, -0.15) is 0 Å². The number of amides is 1. The van der Waals surface area contributed by atoms with Crippen LogP contribution in [0.15, 0.2) is 53.2 Å². The average molecular weight is 322 g/mol. The second-order valence-corrected chi connectivity index (χ2v) is 5.46. The van der Waals surface area contributed by atoms with Crippen LogP contribution in [0, 0.1) is 6.92 Å². The Morgan fingerprint density at radius 3 is 2.38 bits per heavy atom. The van der Waals surface area contributed by atoms with Crippen LogP contribution >= 0.6 is 0 Å². The highest BCUT2D eigenvalue weighted by Gasteiger charge is 2.22. The predicted molar refractivity (Wildman–Crippen MR) is 93.4 cm³/mol. The zero-order valence-electron chi connectivity index (χ0n) is 13.8. The Morgan fingerprint density at radius 2 is 1.75 bits per heavy atom. The van der Waals surface area contributed by atoms with Crippen LogP contribution in [-0.4, -0.2) is 26.0 Å². The SMILES string of the molecule is COc1cc(OC)cc(C2=N/C(=C/c3cccc(C)c3)C(=O)N2)c1. The summed E-state index contributed by atoms with van der Waals surface area (Å²) in [5.74, 6) is 1.53. The first-order valence-electron chi connectivity index (χ1n) is 7.51. The highest BCUT2D eigenvalue weighted by molar-refractivity contribution is 6.20. The molecule has 1 amide bonds. The molecule has 0 radical (unpaired) electrons. The maximum Gasteiger partial charge on any atom is 0.275 e. The van der Waals surface area contributed by atoms with Gasteiger partial charge < -0.3 is 14.8 Å². The Bertz CT molecular complexity index is 831. The fraction of sp³-hybridized carbons (Fsp3) is 0.158. The highest BCUT2D eigenvalue weighted by Crippen LogP contribution is 2.24. The fourth-order valence-electron chi connectivity index (χ4n) is 2.47. The molecule has 1 aliphatic rings. The number of rotatable bonds is 4. The van der Waals surface area contributed by atoms with E-state index >= 15 is 0 Å². The number of hydrogen-bond acceptors (Lipinski definition) is 4.